The Morgan fingerprint density at radius 2 is 1.86 bits per heavy atom. The lowest BCUT2D eigenvalue weighted by atomic mass is 10.2. The third-order valence-electron chi connectivity index (χ3n) is 5.62. The number of halogens is 3. The van der Waals surface area contributed by atoms with Gasteiger partial charge in [0.2, 0.25) is 5.84 Å². The van der Waals surface area contributed by atoms with Crippen molar-refractivity contribution in [3.63, 3.8) is 0 Å². The minimum absolute atomic E-state index is 0.0888. The average molecular weight is 535 g/mol. The molecule has 1 aliphatic heterocycles. The van der Waals surface area contributed by atoms with E-state index in [0.29, 0.717) is 29.1 Å². The van der Waals surface area contributed by atoms with Gasteiger partial charge in [-0.2, -0.15) is 13.2 Å². The van der Waals surface area contributed by atoms with Crippen molar-refractivity contribution in [2.45, 2.75) is 32.3 Å². The third kappa shape index (κ3) is 5.98. The number of amidine groups is 1. The van der Waals surface area contributed by atoms with Crippen LogP contribution >= 0.6 is 11.9 Å². The summed E-state index contributed by atoms with van der Waals surface area (Å²) >= 11 is -0.430. The molecule has 0 saturated carbocycles. The lowest BCUT2D eigenvalue weighted by Gasteiger charge is -2.32. The molecule has 1 aromatic carbocycles. The van der Waals surface area contributed by atoms with E-state index in [1.54, 1.807) is 28.7 Å². The molecule has 0 fully saturated rings. The van der Waals surface area contributed by atoms with E-state index < -0.39 is 29.3 Å². The highest BCUT2D eigenvalue weighted by Crippen LogP contribution is 2.35. The summed E-state index contributed by atoms with van der Waals surface area (Å²) in [6, 6.07) is 10.8. The number of hydrazone groups is 1. The molecule has 0 aliphatic carbocycles. The first-order chi connectivity index (χ1) is 17.6. The topological polar surface area (TPSA) is 91.5 Å². The predicted molar refractivity (Wildman–Crippen MR) is 134 cm³/mol. The maximum atomic E-state index is 13.0. The fourth-order valence-corrected chi connectivity index (χ4v) is 4.50. The molecule has 37 heavy (non-hydrogen) atoms. The van der Waals surface area contributed by atoms with Crippen molar-refractivity contribution in [3.05, 3.63) is 65.1 Å². The van der Waals surface area contributed by atoms with E-state index in [1.807, 2.05) is 32.2 Å². The first kappa shape index (κ1) is 26.3. The summed E-state index contributed by atoms with van der Waals surface area (Å²) in [7, 11) is 1.08. The van der Waals surface area contributed by atoms with Crippen LogP contribution in [0.25, 0.3) is 5.65 Å². The highest BCUT2D eigenvalue weighted by atomic mass is 32.2. The number of nitrogens with zero attached hydrogens (tertiary/aromatic N) is 5. The van der Waals surface area contributed by atoms with E-state index in [9.17, 15) is 22.8 Å². The molecule has 9 nitrogen and oxygen atoms in total. The Bertz CT molecular complexity index is 1340. The van der Waals surface area contributed by atoms with Gasteiger partial charge in [0, 0.05) is 12.7 Å². The Labute approximate surface area is 215 Å². The Morgan fingerprint density at radius 1 is 1.14 bits per heavy atom. The van der Waals surface area contributed by atoms with Crippen LogP contribution in [0.5, 0.6) is 0 Å². The third-order valence-corrected chi connectivity index (χ3v) is 6.41. The Kier molecular flexibility index (Phi) is 7.62. The number of methoxy groups -OCH3 is 1. The van der Waals surface area contributed by atoms with E-state index >= 15 is 0 Å². The number of hydrogen-bond acceptors (Lipinski definition) is 8. The van der Waals surface area contributed by atoms with Gasteiger partial charge in [0.25, 0.3) is 5.91 Å². The largest absolute Gasteiger partial charge is 0.463 e. The SMILES string of the molecule is CCc1nc2ccc(C)cn2c1C(=O)NCc1ccc(N2CCN(SC(F)(F)F)C(C(=O)OC)=N2)cc1. The zero-order valence-corrected chi connectivity index (χ0v) is 21.2. The number of nitrogens with one attached hydrogen (secondary N) is 1. The zero-order chi connectivity index (χ0) is 26.7. The molecule has 0 saturated heterocycles. The van der Waals surface area contributed by atoms with Gasteiger partial charge in [-0.15, -0.1) is 5.10 Å². The molecule has 0 bridgehead atoms. The van der Waals surface area contributed by atoms with Gasteiger partial charge in [0.15, 0.2) is 0 Å². The number of carbonyl (C=O) groups is 2. The van der Waals surface area contributed by atoms with Gasteiger partial charge in [-0.05, 0) is 42.7 Å². The van der Waals surface area contributed by atoms with Crippen LogP contribution in [0.3, 0.4) is 0 Å². The molecule has 4 rings (SSSR count). The van der Waals surface area contributed by atoms with Crippen molar-refractivity contribution < 1.29 is 27.5 Å². The van der Waals surface area contributed by atoms with Crippen molar-refractivity contribution in [3.8, 4) is 0 Å². The Morgan fingerprint density at radius 3 is 2.51 bits per heavy atom. The molecule has 0 unspecified atom stereocenters. The smallest absolute Gasteiger partial charge is 0.461 e. The summed E-state index contributed by atoms with van der Waals surface area (Å²) in [5, 5.41) is 8.45. The molecule has 1 amide bonds. The number of amides is 1. The van der Waals surface area contributed by atoms with Crippen LogP contribution < -0.4 is 10.3 Å². The van der Waals surface area contributed by atoms with Crippen LogP contribution in [0.15, 0.2) is 47.7 Å². The maximum Gasteiger partial charge on any atom is 0.461 e. The lowest BCUT2D eigenvalue weighted by molar-refractivity contribution is -0.133. The number of benzene rings is 1. The fourth-order valence-electron chi connectivity index (χ4n) is 3.88. The van der Waals surface area contributed by atoms with Crippen LogP contribution in [-0.2, 0) is 22.5 Å². The number of esters is 1. The van der Waals surface area contributed by atoms with Gasteiger partial charge in [-0.25, -0.2) is 9.78 Å². The molecule has 1 N–H and O–H groups in total. The monoisotopic (exact) mass is 534 g/mol. The van der Waals surface area contributed by atoms with Crippen LogP contribution in [0.4, 0.5) is 18.9 Å². The average Bonchev–Trinajstić information content (AvgIpc) is 3.24. The fraction of sp³-hybridized carbons (Fsp3) is 0.333. The van der Waals surface area contributed by atoms with Gasteiger partial charge in [0.1, 0.15) is 11.3 Å². The Balaban J connectivity index is 1.47. The number of fused-ring (bicyclic) bond motifs is 1. The number of ether oxygens (including phenoxy) is 1. The summed E-state index contributed by atoms with van der Waals surface area (Å²) in [6.45, 7) is 4.19. The van der Waals surface area contributed by atoms with E-state index in [-0.39, 0.29) is 25.5 Å². The molecule has 3 heterocycles. The van der Waals surface area contributed by atoms with Crippen LogP contribution in [0.2, 0.25) is 0 Å². The van der Waals surface area contributed by atoms with Crippen molar-refractivity contribution >= 4 is 41.0 Å². The van der Waals surface area contributed by atoms with Gasteiger partial charge in [-0.1, -0.05) is 25.1 Å². The summed E-state index contributed by atoms with van der Waals surface area (Å²) < 4.78 is 45.8. The number of hydrogen-bond donors (Lipinski definition) is 1. The lowest BCUT2D eigenvalue weighted by Crippen LogP contribution is -2.45. The second-order valence-electron chi connectivity index (χ2n) is 8.22. The van der Waals surface area contributed by atoms with Crippen LogP contribution in [0, 0.1) is 6.92 Å². The number of alkyl halides is 3. The first-order valence-electron chi connectivity index (χ1n) is 11.4. The normalized spacial score (nSPS) is 14.1. The predicted octanol–water partition coefficient (Wildman–Crippen LogP) is 3.91. The molecule has 13 heteroatoms. The molecule has 2 aromatic heterocycles. The number of anilines is 1. The summed E-state index contributed by atoms with van der Waals surface area (Å²) in [4.78, 5) is 29.6. The van der Waals surface area contributed by atoms with Gasteiger partial charge >= 0.3 is 11.5 Å². The molecule has 0 radical (unpaired) electrons. The molecule has 0 spiro atoms. The number of aromatic nitrogens is 2. The van der Waals surface area contributed by atoms with Crippen molar-refractivity contribution in [2.75, 3.05) is 25.2 Å². The molecular weight excluding hydrogens is 509 g/mol. The van der Waals surface area contributed by atoms with Crippen molar-refractivity contribution in [2.24, 2.45) is 5.10 Å². The Hall–Kier alpha value is -3.74. The van der Waals surface area contributed by atoms with Crippen LogP contribution in [-0.4, -0.2) is 57.1 Å². The van der Waals surface area contributed by atoms with Gasteiger partial charge in [0.05, 0.1) is 43.5 Å². The molecule has 1 aliphatic rings. The summed E-state index contributed by atoms with van der Waals surface area (Å²) in [6.07, 6.45) is 2.49. The minimum Gasteiger partial charge on any atom is -0.463 e. The van der Waals surface area contributed by atoms with E-state index in [1.165, 1.54) is 5.01 Å². The maximum absolute atomic E-state index is 13.0. The molecule has 0 atom stereocenters. The van der Waals surface area contributed by atoms with Gasteiger partial charge in [-0.3, -0.25) is 18.5 Å². The van der Waals surface area contributed by atoms with E-state index in [0.717, 1.165) is 22.5 Å². The summed E-state index contributed by atoms with van der Waals surface area (Å²) in [5.74, 6) is -1.65. The van der Waals surface area contributed by atoms with E-state index in [2.05, 4.69) is 20.1 Å². The second-order valence-corrected chi connectivity index (χ2v) is 9.31. The molecular formula is C24H25F3N6O3S. The molecule has 196 valence electrons. The highest BCUT2D eigenvalue weighted by Gasteiger charge is 2.38. The summed E-state index contributed by atoms with van der Waals surface area (Å²) in [5.41, 5.74) is -0.256. The number of pyridine rings is 1. The number of rotatable bonds is 7. The quantitative estimate of drug-likeness (QED) is 0.363. The standard InChI is InChI=1S/C24H25F3N6O3S/c1-4-18-20(31-14-15(2)5-10-19(31)29-18)22(34)28-13-16-6-8-17(9-7-16)32-11-12-33(37-24(25,26)27)21(30-32)23(35)36-3/h5-10,14H,4,11-13H2,1-3H3,(H,28,34). The van der Waals surface area contributed by atoms with Crippen LogP contribution in [0.1, 0.15) is 34.2 Å². The van der Waals surface area contributed by atoms with Gasteiger partial charge < -0.3 is 10.1 Å². The van der Waals surface area contributed by atoms with Crippen molar-refractivity contribution in [1.29, 1.82) is 0 Å². The second kappa shape index (κ2) is 10.7. The first-order valence-corrected chi connectivity index (χ1v) is 12.2. The number of carbonyl (C=O) groups excluding carboxylic acids is 2. The highest BCUT2D eigenvalue weighted by molar-refractivity contribution is 7.98. The number of aryl methyl sites for hydroxylation is 2. The van der Waals surface area contributed by atoms with E-state index in [4.69, 9.17) is 0 Å². The zero-order valence-electron chi connectivity index (χ0n) is 20.4. The number of imidazole rings is 1. The minimum atomic E-state index is -4.57. The molecule has 3 aromatic rings. The van der Waals surface area contributed by atoms with Crippen molar-refractivity contribution in [1.82, 2.24) is 19.0 Å².